The Labute approximate surface area is 148 Å². The molecule has 8 heteroatoms. The van der Waals surface area contributed by atoms with E-state index < -0.39 is 9.84 Å². The number of carbonyl (C=O) groups excluding carboxylic acids is 2. The highest BCUT2D eigenvalue weighted by molar-refractivity contribution is 7.90. The van der Waals surface area contributed by atoms with Gasteiger partial charge in [0.2, 0.25) is 5.91 Å². The van der Waals surface area contributed by atoms with E-state index in [0.29, 0.717) is 31.7 Å². The lowest BCUT2D eigenvalue weighted by molar-refractivity contribution is -0.127. The quantitative estimate of drug-likeness (QED) is 0.859. The van der Waals surface area contributed by atoms with E-state index in [9.17, 15) is 18.0 Å². The van der Waals surface area contributed by atoms with Gasteiger partial charge in [0.15, 0.2) is 9.84 Å². The Bertz CT molecular complexity index is 776. The molecule has 0 aliphatic carbocycles. The van der Waals surface area contributed by atoms with Gasteiger partial charge in [0.1, 0.15) is 0 Å². The highest BCUT2D eigenvalue weighted by Crippen LogP contribution is 2.22. The van der Waals surface area contributed by atoms with Crippen LogP contribution in [0, 0.1) is 12.8 Å². The summed E-state index contributed by atoms with van der Waals surface area (Å²) in [6, 6.07) is 4.33. The van der Waals surface area contributed by atoms with Crippen LogP contribution in [-0.2, 0) is 14.6 Å². The van der Waals surface area contributed by atoms with E-state index >= 15 is 0 Å². The Morgan fingerprint density at radius 1 is 1.40 bits per heavy atom. The number of amides is 3. The summed E-state index contributed by atoms with van der Waals surface area (Å²) in [5.74, 6) is 0.240. The molecule has 3 amide bonds. The monoisotopic (exact) mass is 367 g/mol. The van der Waals surface area contributed by atoms with Crippen molar-refractivity contribution in [3.05, 3.63) is 23.8 Å². The molecule has 1 heterocycles. The molecule has 0 saturated carbocycles. The van der Waals surface area contributed by atoms with Gasteiger partial charge in [0.05, 0.1) is 4.90 Å². The smallest absolute Gasteiger partial charge is 0.321 e. The third-order valence-electron chi connectivity index (χ3n) is 4.43. The molecular weight excluding hydrogens is 342 g/mol. The molecule has 0 aromatic heterocycles. The Balaban J connectivity index is 2.03. The molecule has 138 valence electrons. The van der Waals surface area contributed by atoms with Crippen LogP contribution in [0.5, 0.6) is 0 Å². The van der Waals surface area contributed by atoms with Gasteiger partial charge >= 0.3 is 6.03 Å². The molecule has 1 atom stereocenters. The van der Waals surface area contributed by atoms with Gasteiger partial charge in [-0.15, -0.1) is 0 Å². The number of benzene rings is 1. The number of anilines is 1. The van der Waals surface area contributed by atoms with Gasteiger partial charge in [0.25, 0.3) is 0 Å². The van der Waals surface area contributed by atoms with Crippen molar-refractivity contribution in [1.29, 1.82) is 0 Å². The molecule has 25 heavy (non-hydrogen) atoms. The number of nitrogens with zero attached hydrogens (tertiary/aromatic N) is 2. The van der Waals surface area contributed by atoms with Crippen molar-refractivity contribution < 1.29 is 18.0 Å². The van der Waals surface area contributed by atoms with Gasteiger partial charge in [-0.25, -0.2) is 13.2 Å². The highest BCUT2D eigenvalue weighted by atomic mass is 32.2. The molecule has 1 saturated heterocycles. The molecular formula is C17H25N3O4S. The lowest BCUT2D eigenvalue weighted by Gasteiger charge is -2.22. The van der Waals surface area contributed by atoms with Gasteiger partial charge < -0.3 is 15.1 Å². The Kier molecular flexibility index (Phi) is 5.72. The zero-order valence-electron chi connectivity index (χ0n) is 15.1. The van der Waals surface area contributed by atoms with E-state index in [1.54, 1.807) is 24.9 Å². The number of aryl methyl sites for hydroxylation is 1. The van der Waals surface area contributed by atoms with Gasteiger partial charge in [-0.1, -0.05) is 6.07 Å². The zero-order chi connectivity index (χ0) is 18.8. The number of sulfone groups is 1. The van der Waals surface area contributed by atoms with E-state index in [1.165, 1.54) is 17.0 Å². The average molecular weight is 367 g/mol. The first-order valence-electron chi connectivity index (χ1n) is 8.22. The van der Waals surface area contributed by atoms with Crippen LogP contribution < -0.4 is 5.32 Å². The summed E-state index contributed by atoms with van der Waals surface area (Å²) in [6.45, 7) is 5.56. The maximum atomic E-state index is 12.4. The summed E-state index contributed by atoms with van der Waals surface area (Å²) < 4.78 is 23.4. The normalized spacial score (nSPS) is 17.7. The third-order valence-corrected chi connectivity index (χ3v) is 5.54. The van der Waals surface area contributed by atoms with Crippen molar-refractivity contribution in [3.8, 4) is 0 Å². The van der Waals surface area contributed by atoms with Crippen molar-refractivity contribution in [2.75, 3.05) is 38.3 Å². The number of urea groups is 1. The summed E-state index contributed by atoms with van der Waals surface area (Å²) in [6.07, 6.45) is 1.58. The van der Waals surface area contributed by atoms with Gasteiger partial charge in [0, 0.05) is 51.0 Å². The number of nitrogens with one attached hydrogen (secondary N) is 1. The third kappa shape index (κ3) is 4.72. The van der Waals surface area contributed by atoms with Crippen LogP contribution in [-0.4, -0.2) is 63.1 Å². The first-order valence-corrected chi connectivity index (χ1v) is 10.1. The van der Waals surface area contributed by atoms with Crippen LogP contribution in [0.3, 0.4) is 0 Å². The van der Waals surface area contributed by atoms with Crippen molar-refractivity contribution in [1.82, 2.24) is 9.80 Å². The summed E-state index contributed by atoms with van der Waals surface area (Å²) >= 11 is 0. The number of rotatable bonds is 5. The fraction of sp³-hybridized carbons (Fsp3) is 0.529. The highest BCUT2D eigenvalue weighted by Gasteiger charge is 2.30. The second-order valence-corrected chi connectivity index (χ2v) is 8.58. The molecule has 0 spiro atoms. The SMILES string of the molecule is CCN1CC(CN(C)C(=O)Nc2cc(S(C)(=O)=O)ccc2C)CC1=O. The first-order chi connectivity index (χ1) is 11.6. The maximum Gasteiger partial charge on any atom is 0.321 e. The van der Waals surface area contributed by atoms with Crippen molar-refractivity contribution in [2.45, 2.75) is 25.2 Å². The minimum absolute atomic E-state index is 0.117. The van der Waals surface area contributed by atoms with Gasteiger partial charge in [-0.2, -0.15) is 0 Å². The second kappa shape index (κ2) is 7.43. The Morgan fingerprint density at radius 3 is 2.64 bits per heavy atom. The van der Waals surface area contributed by atoms with E-state index in [4.69, 9.17) is 0 Å². The van der Waals surface area contributed by atoms with Crippen LogP contribution in [0.25, 0.3) is 0 Å². The lowest BCUT2D eigenvalue weighted by Crippen LogP contribution is -2.36. The largest absolute Gasteiger partial charge is 0.343 e. The van der Waals surface area contributed by atoms with Crippen molar-refractivity contribution in [2.24, 2.45) is 5.92 Å². The van der Waals surface area contributed by atoms with Crippen LogP contribution in [0.4, 0.5) is 10.5 Å². The van der Waals surface area contributed by atoms with Gasteiger partial charge in [-0.05, 0) is 31.5 Å². The summed E-state index contributed by atoms with van der Waals surface area (Å²) in [5, 5.41) is 2.76. The second-order valence-electron chi connectivity index (χ2n) is 6.56. The van der Waals surface area contributed by atoms with Crippen molar-refractivity contribution in [3.63, 3.8) is 0 Å². The number of likely N-dealkylation sites (tertiary alicyclic amines) is 1. The molecule has 1 aromatic carbocycles. The summed E-state index contributed by atoms with van der Waals surface area (Å²) in [4.78, 5) is 27.7. The minimum Gasteiger partial charge on any atom is -0.343 e. The van der Waals surface area contributed by atoms with E-state index in [1.807, 2.05) is 6.92 Å². The van der Waals surface area contributed by atoms with Gasteiger partial charge in [-0.3, -0.25) is 4.79 Å². The molecule has 1 fully saturated rings. The predicted octanol–water partition coefficient (Wildman–Crippen LogP) is 1.73. The topological polar surface area (TPSA) is 86.8 Å². The first kappa shape index (κ1) is 19.2. The Morgan fingerprint density at radius 2 is 2.08 bits per heavy atom. The average Bonchev–Trinajstić information content (AvgIpc) is 2.87. The van der Waals surface area contributed by atoms with E-state index in [2.05, 4.69) is 5.32 Å². The lowest BCUT2D eigenvalue weighted by atomic mass is 10.1. The maximum absolute atomic E-state index is 12.4. The summed E-state index contributed by atoms with van der Waals surface area (Å²) in [7, 11) is -1.67. The van der Waals surface area contributed by atoms with Crippen LogP contribution in [0.1, 0.15) is 18.9 Å². The fourth-order valence-electron chi connectivity index (χ4n) is 2.93. The standard InChI is InChI=1S/C17H25N3O4S/c1-5-20-11-13(8-16(20)21)10-19(3)17(22)18-15-9-14(25(4,23)24)7-6-12(15)2/h6-7,9,13H,5,8,10-11H2,1-4H3,(H,18,22). The molecule has 1 aliphatic heterocycles. The number of carbonyl (C=O) groups is 2. The minimum atomic E-state index is -3.34. The van der Waals surface area contributed by atoms with Crippen molar-refractivity contribution >= 4 is 27.5 Å². The van der Waals surface area contributed by atoms with Crippen LogP contribution in [0.15, 0.2) is 23.1 Å². The van der Waals surface area contributed by atoms with Crippen LogP contribution >= 0.6 is 0 Å². The molecule has 1 aliphatic rings. The van der Waals surface area contributed by atoms with Crippen LogP contribution in [0.2, 0.25) is 0 Å². The molecule has 0 radical (unpaired) electrons. The molecule has 1 unspecified atom stereocenters. The Hall–Kier alpha value is -2.09. The molecule has 1 aromatic rings. The summed E-state index contributed by atoms with van der Waals surface area (Å²) in [5.41, 5.74) is 1.25. The number of hydrogen-bond acceptors (Lipinski definition) is 4. The van der Waals surface area contributed by atoms with E-state index in [-0.39, 0.29) is 22.8 Å². The molecule has 1 N–H and O–H groups in total. The fourth-order valence-corrected chi connectivity index (χ4v) is 3.58. The predicted molar refractivity (Wildman–Crippen MR) is 96.3 cm³/mol. The zero-order valence-corrected chi connectivity index (χ0v) is 15.9. The van der Waals surface area contributed by atoms with E-state index in [0.717, 1.165) is 11.8 Å². The molecule has 7 nitrogen and oxygen atoms in total. The molecule has 0 bridgehead atoms. The number of hydrogen-bond donors (Lipinski definition) is 1. The molecule has 2 rings (SSSR count).